The third-order valence-electron chi connectivity index (χ3n) is 5.69. The minimum Gasteiger partial charge on any atom is -0.472 e. The third kappa shape index (κ3) is 2.53. The first kappa shape index (κ1) is 16.1. The van der Waals surface area contributed by atoms with Crippen molar-refractivity contribution in [3.05, 3.63) is 30.4 Å². The summed E-state index contributed by atoms with van der Waals surface area (Å²) in [6, 6.07) is 0. The first-order chi connectivity index (χ1) is 13.0. The van der Waals surface area contributed by atoms with E-state index in [0.29, 0.717) is 24.9 Å². The zero-order valence-corrected chi connectivity index (χ0v) is 15.1. The molecule has 5 rings (SSSR count). The van der Waals surface area contributed by atoms with Crippen LogP contribution < -0.4 is 4.74 Å². The molecule has 3 atom stereocenters. The highest BCUT2D eigenvalue weighted by Crippen LogP contribution is 2.43. The zero-order valence-electron chi connectivity index (χ0n) is 15.1. The van der Waals surface area contributed by atoms with Crippen molar-refractivity contribution >= 4 is 11.6 Å². The average molecular weight is 368 g/mol. The van der Waals surface area contributed by atoms with Gasteiger partial charge in [0.2, 0.25) is 5.88 Å². The number of nitrogens with zero attached hydrogens (tertiary/aromatic N) is 6. The van der Waals surface area contributed by atoms with E-state index < -0.39 is 6.09 Å². The molecule has 2 fully saturated rings. The fraction of sp³-hybridized carbons (Fsp3) is 0.444. The van der Waals surface area contributed by atoms with Crippen LogP contribution in [0.5, 0.6) is 5.88 Å². The lowest BCUT2D eigenvalue weighted by molar-refractivity contribution is 0.0142. The van der Waals surface area contributed by atoms with Gasteiger partial charge in [0.1, 0.15) is 11.6 Å². The van der Waals surface area contributed by atoms with Crippen LogP contribution in [0.2, 0.25) is 0 Å². The van der Waals surface area contributed by atoms with E-state index in [-0.39, 0.29) is 12.0 Å². The molecule has 3 aromatic heterocycles. The number of aryl methyl sites for hydroxylation is 2. The molecular formula is C18H20N6O3. The quantitative estimate of drug-likeness (QED) is 0.757. The van der Waals surface area contributed by atoms with Gasteiger partial charge in [0.05, 0.1) is 24.3 Å². The van der Waals surface area contributed by atoms with E-state index in [1.54, 1.807) is 21.6 Å². The predicted molar refractivity (Wildman–Crippen MR) is 95.5 cm³/mol. The minimum atomic E-state index is -0.853. The summed E-state index contributed by atoms with van der Waals surface area (Å²) >= 11 is 0. The van der Waals surface area contributed by atoms with Crippen molar-refractivity contribution in [2.24, 2.45) is 18.9 Å². The number of aromatic nitrogens is 5. The molecule has 9 nitrogen and oxygen atoms in total. The van der Waals surface area contributed by atoms with E-state index in [1.807, 2.05) is 26.4 Å². The van der Waals surface area contributed by atoms with Crippen molar-refractivity contribution < 1.29 is 14.6 Å². The van der Waals surface area contributed by atoms with E-state index in [2.05, 4.69) is 10.2 Å². The van der Waals surface area contributed by atoms with Crippen LogP contribution in [0.15, 0.2) is 24.8 Å². The molecule has 0 bridgehead atoms. The first-order valence-electron chi connectivity index (χ1n) is 8.98. The number of fused-ring (bicyclic) bond motifs is 2. The summed E-state index contributed by atoms with van der Waals surface area (Å²) < 4.78 is 9.81. The number of ether oxygens (including phenoxy) is 1. The molecule has 1 amide bonds. The van der Waals surface area contributed by atoms with Crippen molar-refractivity contribution in [2.75, 3.05) is 13.1 Å². The number of amides is 1. The molecule has 1 saturated carbocycles. The van der Waals surface area contributed by atoms with Crippen LogP contribution in [0.4, 0.5) is 4.79 Å². The predicted octanol–water partition coefficient (Wildman–Crippen LogP) is 1.82. The van der Waals surface area contributed by atoms with E-state index >= 15 is 0 Å². The Morgan fingerprint density at radius 3 is 2.85 bits per heavy atom. The van der Waals surface area contributed by atoms with Gasteiger partial charge in [0.15, 0.2) is 0 Å². The number of carbonyl (C=O) groups is 1. The highest BCUT2D eigenvalue weighted by atomic mass is 16.5. The van der Waals surface area contributed by atoms with Crippen LogP contribution in [0, 0.1) is 18.8 Å². The Hall–Kier alpha value is -3.10. The highest BCUT2D eigenvalue weighted by Gasteiger charge is 2.50. The van der Waals surface area contributed by atoms with E-state index in [9.17, 15) is 9.90 Å². The molecule has 1 aliphatic heterocycles. The molecule has 4 heterocycles. The number of rotatable bonds is 3. The standard InChI is InChI=1S/C18H20N6O3/c1-10-4-20-24-9-14(12-5-19-22(2)6-12)21-17(16(10)24)27-15-3-11-7-23(18(25)26)8-13(11)15/h4-6,9,11,13,15H,3,7-8H2,1-2H3,(H,25,26)/t11-,13+,15-/m1/s1. The first-order valence-corrected chi connectivity index (χ1v) is 8.98. The Labute approximate surface area is 155 Å². The second kappa shape index (κ2) is 5.70. The molecule has 1 aliphatic carbocycles. The van der Waals surface area contributed by atoms with Gasteiger partial charge in [-0.1, -0.05) is 0 Å². The van der Waals surface area contributed by atoms with Crippen LogP contribution in [0.1, 0.15) is 12.0 Å². The van der Waals surface area contributed by atoms with Crippen molar-refractivity contribution in [2.45, 2.75) is 19.4 Å². The van der Waals surface area contributed by atoms with Gasteiger partial charge in [-0.25, -0.2) is 14.3 Å². The van der Waals surface area contributed by atoms with Crippen molar-refractivity contribution in [1.29, 1.82) is 0 Å². The van der Waals surface area contributed by atoms with Gasteiger partial charge in [-0.15, -0.1) is 0 Å². The molecule has 1 saturated heterocycles. The average Bonchev–Trinajstić information content (AvgIpc) is 3.30. The Morgan fingerprint density at radius 2 is 2.11 bits per heavy atom. The summed E-state index contributed by atoms with van der Waals surface area (Å²) in [7, 11) is 1.86. The fourth-order valence-corrected chi connectivity index (χ4v) is 4.17. The van der Waals surface area contributed by atoms with E-state index in [0.717, 1.165) is 28.8 Å². The smallest absolute Gasteiger partial charge is 0.407 e. The molecule has 9 heteroatoms. The van der Waals surface area contributed by atoms with E-state index in [1.165, 1.54) is 4.90 Å². The maximum atomic E-state index is 11.2. The molecule has 27 heavy (non-hydrogen) atoms. The van der Waals surface area contributed by atoms with Gasteiger partial charge < -0.3 is 14.7 Å². The van der Waals surface area contributed by atoms with Crippen molar-refractivity contribution in [1.82, 2.24) is 29.3 Å². The molecule has 0 unspecified atom stereocenters. The van der Waals surface area contributed by atoms with Gasteiger partial charge in [0.25, 0.3) is 0 Å². The van der Waals surface area contributed by atoms with Crippen molar-refractivity contribution in [3.8, 4) is 17.1 Å². The van der Waals surface area contributed by atoms with Crippen LogP contribution in [-0.2, 0) is 7.05 Å². The summed E-state index contributed by atoms with van der Waals surface area (Å²) in [5, 5.41) is 17.8. The largest absolute Gasteiger partial charge is 0.472 e. The number of hydrogen-bond acceptors (Lipinski definition) is 5. The summed E-state index contributed by atoms with van der Waals surface area (Å²) in [6.07, 6.45) is 7.31. The maximum absolute atomic E-state index is 11.2. The normalized spacial score (nSPS) is 24.1. The molecule has 0 spiro atoms. The van der Waals surface area contributed by atoms with Gasteiger partial charge >= 0.3 is 6.09 Å². The molecule has 0 aromatic carbocycles. The van der Waals surface area contributed by atoms with Gasteiger partial charge in [-0.05, 0) is 19.3 Å². The number of hydrogen-bond donors (Lipinski definition) is 1. The molecule has 1 N–H and O–H groups in total. The second-order valence-electron chi connectivity index (χ2n) is 7.46. The SMILES string of the molecule is Cc1cnn2cc(-c3cnn(C)c3)nc(O[C@@H]3C[C@@H]4CN(C(=O)O)C[C@@H]43)c12. The van der Waals surface area contributed by atoms with E-state index in [4.69, 9.17) is 9.72 Å². The Kier molecular flexibility index (Phi) is 3.40. The fourth-order valence-electron chi connectivity index (χ4n) is 4.17. The summed E-state index contributed by atoms with van der Waals surface area (Å²) in [4.78, 5) is 17.5. The van der Waals surface area contributed by atoms with Gasteiger partial charge in [-0.3, -0.25) is 4.68 Å². The topological polar surface area (TPSA) is 97.8 Å². The minimum absolute atomic E-state index is 0.0194. The summed E-state index contributed by atoms with van der Waals surface area (Å²) in [5.74, 6) is 1.16. The Balaban J connectivity index is 1.47. The van der Waals surface area contributed by atoms with Crippen molar-refractivity contribution in [3.63, 3.8) is 0 Å². The van der Waals surface area contributed by atoms with Crippen LogP contribution >= 0.6 is 0 Å². The zero-order chi connectivity index (χ0) is 18.7. The molecular weight excluding hydrogens is 348 g/mol. The van der Waals surface area contributed by atoms with Crippen LogP contribution in [0.3, 0.4) is 0 Å². The molecule has 3 aromatic rings. The lowest BCUT2D eigenvalue weighted by Crippen LogP contribution is -2.44. The van der Waals surface area contributed by atoms with Crippen LogP contribution in [-0.4, -0.2) is 59.7 Å². The summed E-state index contributed by atoms with van der Waals surface area (Å²) in [6.45, 7) is 3.11. The lowest BCUT2D eigenvalue weighted by atomic mass is 9.73. The molecule has 0 radical (unpaired) electrons. The third-order valence-corrected chi connectivity index (χ3v) is 5.69. The monoisotopic (exact) mass is 368 g/mol. The van der Waals surface area contributed by atoms with Crippen LogP contribution in [0.25, 0.3) is 16.8 Å². The summed E-state index contributed by atoms with van der Waals surface area (Å²) in [5.41, 5.74) is 3.47. The number of carboxylic acid groups (broad SMARTS) is 1. The van der Waals surface area contributed by atoms with Gasteiger partial charge in [-0.2, -0.15) is 10.2 Å². The maximum Gasteiger partial charge on any atom is 0.407 e. The number of likely N-dealkylation sites (tertiary alicyclic amines) is 1. The lowest BCUT2D eigenvalue weighted by Gasteiger charge is -2.38. The second-order valence-corrected chi connectivity index (χ2v) is 7.46. The molecule has 2 aliphatic rings. The highest BCUT2D eigenvalue weighted by molar-refractivity contribution is 5.67. The molecule has 140 valence electrons. The Bertz CT molecular complexity index is 1040. The van der Waals surface area contributed by atoms with Gasteiger partial charge in [0, 0.05) is 43.4 Å². The Morgan fingerprint density at radius 1 is 1.26 bits per heavy atom.